The fourth-order valence-corrected chi connectivity index (χ4v) is 5.17. The molecule has 2 amide bonds. The molecule has 41 heavy (non-hydrogen) atoms. The molecule has 5 aromatic rings. The Labute approximate surface area is 243 Å². The van der Waals surface area contributed by atoms with Crippen LogP contribution in [0.3, 0.4) is 0 Å². The minimum absolute atomic E-state index is 0.181. The standard InChI is InChI=1S/C30H22ClN3O6S/c1-2-38-24-16-18(9-14-22(24)40-30(37)27-26(31)21-6-3-4-8-25(21)41-27)17-32-34-28(35)19-10-12-20(13-11-19)33-29(36)23-7-5-15-39-23/h3-17H,2H2,1H3,(H,33,36)(H,34,35)/b32-17-. The monoisotopic (exact) mass is 587 g/mol. The zero-order valence-electron chi connectivity index (χ0n) is 21.6. The number of halogens is 1. The summed E-state index contributed by atoms with van der Waals surface area (Å²) in [6, 6.07) is 21.8. The number of furan rings is 1. The maximum atomic E-state index is 12.9. The molecule has 0 fully saturated rings. The van der Waals surface area contributed by atoms with Crippen LogP contribution in [-0.4, -0.2) is 30.6 Å². The summed E-state index contributed by atoms with van der Waals surface area (Å²) >= 11 is 7.68. The summed E-state index contributed by atoms with van der Waals surface area (Å²) in [5.41, 5.74) is 3.91. The summed E-state index contributed by atoms with van der Waals surface area (Å²) in [6.45, 7) is 2.15. The van der Waals surface area contributed by atoms with Crippen molar-refractivity contribution in [1.82, 2.24) is 5.43 Å². The molecule has 11 heteroatoms. The molecular weight excluding hydrogens is 566 g/mol. The third-order valence-electron chi connectivity index (χ3n) is 5.72. The van der Waals surface area contributed by atoms with Crippen molar-refractivity contribution < 1.29 is 28.3 Å². The van der Waals surface area contributed by atoms with E-state index in [4.69, 9.17) is 25.5 Å². The molecule has 0 saturated heterocycles. The van der Waals surface area contributed by atoms with Gasteiger partial charge in [0.15, 0.2) is 17.3 Å². The van der Waals surface area contributed by atoms with Gasteiger partial charge in [-0.1, -0.05) is 29.8 Å². The van der Waals surface area contributed by atoms with Gasteiger partial charge in [0.05, 0.1) is 24.1 Å². The highest BCUT2D eigenvalue weighted by Gasteiger charge is 2.20. The van der Waals surface area contributed by atoms with Gasteiger partial charge < -0.3 is 19.2 Å². The summed E-state index contributed by atoms with van der Waals surface area (Å²) in [4.78, 5) is 37.8. The number of ether oxygens (including phenoxy) is 2. The van der Waals surface area contributed by atoms with Crippen LogP contribution in [0.2, 0.25) is 5.02 Å². The van der Waals surface area contributed by atoms with E-state index in [-0.39, 0.29) is 11.5 Å². The average molecular weight is 588 g/mol. The van der Waals surface area contributed by atoms with Crippen molar-refractivity contribution in [3.05, 3.63) is 112 Å². The molecule has 0 radical (unpaired) electrons. The van der Waals surface area contributed by atoms with Gasteiger partial charge in [0.1, 0.15) is 4.88 Å². The first-order valence-electron chi connectivity index (χ1n) is 12.4. The Balaban J connectivity index is 1.22. The van der Waals surface area contributed by atoms with Crippen LogP contribution < -0.4 is 20.2 Å². The van der Waals surface area contributed by atoms with Crippen molar-refractivity contribution >= 4 is 62.7 Å². The van der Waals surface area contributed by atoms with Crippen molar-refractivity contribution in [3.8, 4) is 11.5 Å². The van der Waals surface area contributed by atoms with Crippen LogP contribution in [0.25, 0.3) is 10.1 Å². The lowest BCUT2D eigenvalue weighted by atomic mass is 10.2. The molecule has 9 nitrogen and oxygen atoms in total. The zero-order chi connectivity index (χ0) is 28.8. The van der Waals surface area contributed by atoms with Crippen LogP contribution in [0, 0.1) is 0 Å². The van der Waals surface area contributed by atoms with Gasteiger partial charge in [0, 0.05) is 21.3 Å². The first-order chi connectivity index (χ1) is 19.9. The normalized spacial score (nSPS) is 11.0. The van der Waals surface area contributed by atoms with E-state index >= 15 is 0 Å². The van der Waals surface area contributed by atoms with Crippen molar-refractivity contribution in [2.24, 2.45) is 5.10 Å². The summed E-state index contributed by atoms with van der Waals surface area (Å²) in [6.07, 6.45) is 2.85. The number of carbonyl (C=O) groups is 3. The van der Waals surface area contributed by atoms with Crippen molar-refractivity contribution in [2.75, 3.05) is 11.9 Å². The topological polar surface area (TPSA) is 119 Å². The first-order valence-corrected chi connectivity index (χ1v) is 13.6. The van der Waals surface area contributed by atoms with E-state index in [9.17, 15) is 14.4 Å². The summed E-state index contributed by atoms with van der Waals surface area (Å²) < 4.78 is 17.2. The Morgan fingerprint density at radius 1 is 0.976 bits per heavy atom. The maximum Gasteiger partial charge on any atom is 0.355 e. The van der Waals surface area contributed by atoms with Gasteiger partial charge in [0.2, 0.25) is 0 Å². The number of benzene rings is 3. The number of nitrogens with zero attached hydrogens (tertiary/aromatic N) is 1. The van der Waals surface area contributed by atoms with Gasteiger partial charge in [-0.05, 0) is 73.2 Å². The Morgan fingerprint density at radius 2 is 1.78 bits per heavy atom. The van der Waals surface area contributed by atoms with Crippen LogP contribution >= 0.6 is 22.9 Å². The lowest BCUT2D eigenvalue weighted by Crippen LogP contribution is -2.17. The van der Waals surface area contributed by atoms with Gasteiger partial charge in [-0.2, -0.15) is 5.10 Å². The number of nitrogens with one attached hydrogen (secondary N) is 2. The van der Waals surface area contributed by atoms with E-state index in [2.05, 4.69) is 15.8 Å². The SMILES string of the molecule is CCOc1cc(/C=N\NC(=O)c2ccc(NC(=O)c3ccco3)cc2)ccc1OC(=O)c1sc2ccccc2c1Cl. The molecule has 2 N–H and O–H groups in total. The van der Waals surface area contributed by atoms with Gasteiger partial charge in [0.25, 0.3) is 11.8 Å². The highest BCUT2D eigenvalue weighted by atomic mass is 35.5. The van der Waals surface area contributed by atoms with E-state index in [0.29, 0.717) is 39.1 Å². The number of fused-ring (bicyclic) bond motifs is 1. The second-order valence-corrected chi connectivity index (χ2v) is 9.91. The largest absolute Gasteiger partial charge is 0.490 e. The third-order valence-corrected chi connectivity index (χ3v) is 7.38. The molecule has 3 aromatic carbocycles. The van der Waals surface area contributed by atoms with Crippen molar-refractivity contribution in [1.29, 1.82) is 0 Å². The number of hydrazone groups is 1. The Hall–Kier alpha value is -4.93. The fourth-order valence-electron chi connectivity index (χ4n) is 3.78. The zero-order valence-corrected chi connectivity index (χ0v) is 23.1. The fraction of sp³-hybridized carbons (Fsp3) is 0.0667. The molecule has 0 aliphatic heterocycles. The third kappa shape index (κ3) is 6.46. The number of rotatable bonds is 9. The van der Waals surface area contributed by atoms with Crippen LogP contribution in [0.5, 0.6) is 11.5 Å². The maximum absolute atomic E-state index is 12.9. The van der Waals surface area contributed by atoms with Gasteiger partial charge in [-0.15, -0.1) is 11.3 Å². The lowest BCUT2D eigenvalue weighted by Gasteiger charge is -2.11. The van der Waals surface area contributed by atoms with E-state index in [1.807, 2.05) is 31.2 Å². The molecule has 0 bridgehead atoms. The van der Waals surface area contributed by atoms with E-state index in [0.717, 1.165) is 10.1 Å². The van der Waals surface area contributed by atoms with Gasteiger partial charge >= 0.3 is 5.97 Å². The number of anilines is 1. The Kier molecular flexibility index (Phi) is 8.42. The smallest absolute Gasteiger partial charge is 0.355 e. The average Bonchev–Trinajstić information content (AvgIpc) is 3.64. The molecule has 2 aromatic heterocycles. The predicted octanol–water partition coefficient (Wildman–Crippen LogP) is 6.78. The molecule has 206 valence electrons. The molecule has 5 rings (SSSR count). The first kappa shape index (κ1) is 27.6. The summed E-state index contributed by atoms with van der Waals surface area (Å²) in [7, 11) is 0. The lowest BCUT2D eigenvalue weighted by molar-refractivity contribution is 0.0733. The summed E-state index contributed by atoms with van der Waals surface area (Å²) in [5, 5.41) is 7.83. The molecule has 0 unspecified atom stereocenters. The predicted molar refractivity (Wildman–Crippen MR) is 158 cm³/mol. The second-order valence-electron chi connectivity index (χ2n) is 8.48. The molecule has 0 spiro atoms. The molecule has 0 aliphatic rings. The number of esters is 1. The molecule has 0 atom stereocenters. The minimum Gasteiger partial charge on any atom is -0.490 e. The van der Waals surface area contributed by atoms with E-state index in [1.54, 1.807) is 54.6 Å². The van der Waals surface area contributed by atoms with Crippen molar-refractivity contribution in [2.45, 2.75) is 6.92 Å². The number of amides is 2. The van der Waals surface area contributed by atoms with Crippen LogP contribution in [0.4, 0.5) is 5.69 Å². The minimum atomic E-state index is -0.586. The van der Waals surface area contributed by atoms with Crippen LogP contribution in [0.15, 0.2) is 94.6 Å². The Bertz CT molecular complexity index is 1750. The highest BCUT2D eigenvalue weighted by Crippen LogP contribution is 2.37. The second kappa shape index (κ2) is 12.5. The Morgan fingerprint density at radius 3 is 2.51 bits per heavy atom. The number of carbonyl (C=O) groups excluding carboxylic acids is 3. The van der Waals surface area contributed by atoms with E-state index < -0.39 is 17.8 Å². The molecule has 0 saturated carbocycles. The van der Waals surface area contributed by atoms with Gasteiger partial charge in [-0.25, -0.2) is 10.2 Å². The number of hydrogen-bond acceptors (Lipinski definition) is 8. The van der Waals surface area contributed by atoms with Crippen LogP contribution in [-0.2, 0) is 0 Å². The number of hydrogen-bond donors (Lipinski definition) is 2. The highest BCUT2D eigenvalue weighted by molar-refractivity contribution is 7.21. The quantitative estimate of drug-likeness (QED) is 0.0849. The summed E-state index contributed by atoms with van der Waals surface area (Å²) in [5.74, 6) is -0.682. The molecular formula is C30H22ClN3O6S. The van der Waals surface area contributed by atoms with Crippen LogP contribution in [0.1, 0.15) is 43.1 Å². The van der Waals surface area contributed by atoms with E-state index in [1.165, 1.54) is 23.8 Å². The van der Waals surface area contributed by atoms with Crippen molar-refractivity contribution in [3.63, 3.8) is 0 Å². The molecule has 2 heterocycles. The number of thiophene rings is 1. The molecule has 0 aliphatic carbocycles. The van der Waals surface area contributed by atoms with Gasteiger partial charge in [-0.3, -0.25) is 9.59 Å².